The molecule has 1 aromatic carbocycles. The molecule has 0 aromatic heterocycles. The van der Waals surface area contributed by atoms with Gasteiger partial charge in [-0.3, -0.25) is 4.79 Å². The summed E-state index contributed by atoms with van der Waals surface area (Å²) in [6.45, 7) is 2.84. The summed E-state index contributed by atoms with van der Waals surface area (Å²) in [5, 5.41) is 2.60. The first-order valence-corrected chi connectivity index (χ1v) is 10.2. The number of benzene rings is 1. The number of hydrogen-bond acceptors (Lipinski definition) is 3. The van der Waals surface area contributed by atoms with E-state index in [4.69, 9.17) is 5.73 Å². The summed E-state index contributed by atoms with van der Waals surface area (Å²) in [5.41, 5.74) is 6.19. The van der Waals surface area contributed by atoms with Crippen molar-refractivity contribution in [3.63, 3.8) is 0 Å². The van der Waals surface area contributed by atoms with Gasteiger partial charge in [-0.15, -0.1) is 0 Å². The Morgan fingerprint density at radius 3 is 2.55 bits per heavy atom. The van der Waals surface area contributed by atoms with E-state index < -0.39 is 23.0 Å². The second-order valence-electron chi connectivity index (χ2n) is 8.56. The number of rotatable bonds is 3. The van der Waals surface area contributed by atoms with Crippen molar-refractivity contribution in [2.24, 2.45) is 11.1 Å². The largest absolute Gasteiger partial charge is 0.403 e. The quantitative estimate of drug-likeness (QED) is 0.757. The first-order valence-electron chi connectivity index (χ1n) is 10.2. The van der Waals surface area contributed by atoms with Crippen LogP contribution in [0.15, 0.2) is 18.2 Å². The molecular weight excluding hydrogens is 379 g/mol. The molecule has 2 fully saturated rings. The van der Waals surface area contributed by atoms with Crippen molar-refractivity contribution in [1.82, 2.24) is 5.32 Å². The highest BCUT2D eigenvalue weighted by Crippen LogP contribution is 2.58. The SMILES string of the molecule is CC(N)N1CCCCc2c(C#CC3(NC(=O)C4(C(F)(F)F)CC4)CC3)cccc21. The smallest absolute Gasteiger partial charge is 0.356 e. The van der Waals surface area contributed by atoms with E-state index in [9.17, 15) is 18.0 Å². The van der Waals surface area contributed by atoms with E-state index in [0.29, 0.717) is 12.8 Å². The maximum Gasteiger partial charge on any atom is 0.403 e. The summed E-state index contributed by atoms with van der Waals surface area (Å²) in [5.74, 6) is 5.33. The number of carbonyl (C=O) groups excluding carboxylic acids is 1. The van der Waals surface area contributed by atoms with Gasteiger partial charge in [0.15, 0.2) is 0 Å². The lowest BCUT2D eigenvalue weighted by Gasteiger charge is -2.29. The van der Waals surface area contributed by atoms with Gasteiger partial charge in [-0.25, -0.2) is 0 Å². The zero-order chi connectivity index (χ0) is 20.9. The van der Waals surface area contributed by atoms with Gasteiger partial charge in [0.05, 0.1) is 6.17 Å². The number of hydrogen-bond donors (Lipinski definition) is 2. The number of anilines is 1. The van der Waals surface area contributed by atoms with Crippen molar-refractivity contribution in [3.05, 3.63) is 29.3 Å². The van der Waals surface area contributed by atoms with Gasteiger partial charge in [-0.2, -0.15) is 13.2 Å². The maximum absolute atomic E-state index is 13.2. The van der Waals surface area contributed by atoms with Crippen molar-refractivity contribution >= 4 is 11.6 Å². The summed E-state index contributed by atoms with van der Waals surface area (Å²) < 4.78 is 39.6. The molecule has 156 valence electrons. The normalized spacial score (nSPS) is 22.4. The molecule has 7 heteroatoms. The Hall–Kier alpha value is -2.20. The van der Waals surface area contributed by atoms with Crippen LogP contribution in [0.25, 0.3) is 0 Å². The van der Waals surface area contributed by atoms with Gasteiger partial charge in [0, 0.05) is 17.8 Å². The van der Waals surface area contributed by atoms with E-state index in [1.165, 1.54) is 0 Å². The molecule has 3 N–H and O–H groups in total. The molecule has 1 aromatic rings. The molecule has 4 nitrogen and oxygen atoms in total. The molecule has 1 atom stereocenters. The standard InChI is InChI=1S/C22H26F3N3O/c1-15(26)28-14-3-2-6-17-16(5-4-7-18(17)28)8-9-20(10-11-20)27-19(29)21(12-13-21)22(23,24)25/h4-5,7,15H,2-3,6,10-14,26H2,1H3,(H,27,29). The Balaban J connectivity index is 1.57. The lowest BCUT2D eigenvalue weighted by atomic mass is 10.00. The predicted octanol–water partition coefficient (Wildman–Crippen LogP) is 3.48. The second kappa shape index (κ2) is 6.94. The number of nitrogens with two attached hydrogens (primary N) is 1. The van der Waals surface area contributed by atoms with E-state index in [0.717, 1.165) is 42.6 Å². The first-order chi connectivity index (χ1) is 13.7. The van der Waals surface area contributed by atoms with Crippen LogP contribution in [0.5, 0.6) is 0 Å². The third kappa shape index (κ3) is 3.71. The zero-order valence-electron chi connectivity index (χ0n) is 16.5. The third-order valence-electron chi connectivity index (χ3n) is 6.29. The molecule has 1 amide bonds. The van der Waals surface area contributed by atoms with Crippen molar-refractivity contribution in [3.8, 4) is 11.8 Å². The summed E-state index contributed by atoms with van der Waals surface area (Å²) in [6, 6.07) is 5.92. The van der Waals surface area contributed by atoms with E-state index in [-0.39, 0.29) is 19.0 Å². The average Bonchev–Trinajstić information content (AvgIpc) is 3.53. The van der Waals surface area contributed by atoms with Gasteiger partial charge in [-0.1, -0.05) is 17.9 Å². The molecule has 3 aliphatic rings. The van der Waals surface area contributed by atoms with E-state index in [1.807, 2.05) is 25.1 Å². The van der Waals surface area contributed by atoms with Crippen LogP contribution >= 0.6 is 0 Å². The van der Waals surface area contributed by atoms with Crippen molar-refractivity contribution in [1.29, 1.82) is 0 Å². The Bertz CT molecular complexity index is 874. The summed E-state index contributed by atoms with van der Waals surface area (Å²) in [7, 11) is 0. The van der Waals surface area contributed by atoms with Crippen LogP contribution in [0.4, 0.5) is 18.9 Å². The highest BCUT2D eigenvalue weighted by molar-refractivity contribution is 5.87. The lowest BCUT2D eigenvalue weighted by Crippen LogP contribution is -2.46. The number of fused-ring (bicyclic) bond motifs is 1. The summed E-state index contributed by atoms with van der Waals surface area (Å²) >= 11 is 0. The van der Waals surface area contributed by atoms with Crippen LogP contribution in [-0.2, 0) is 11.2 Å². The molecule has 29 heavy (non-hydrogen) atoms. The molecule has 0 bridgehead atoms. The van der Waals surface area contributed by atoms with Crippen LogP contribution in [0.3, 0.4) is 0 Å². The predicted molar refractivity (Wildman–Crippen MR) is 105 cm³/mol. The van der Waals surface area contributed by atoms with Crippen molar-refractivity contribution in [2.45, 2.75) is 69.8 Å². The third-order valence-corrected chi connectivity index (χ3v) is 6.29. The fraction of sp³-hybridized carbons (Fsp3) is 0.591. The second-order valence-corrected chi connectivity index (χ2v) is 8.56. The molecule has 2 saturated carbocycles. The fourth-order valence-corrected chi connectivity index (χ4v) is 4.05. The van der Waals surface area contributed by atoms with Crippen LogP contribution in [0, 0.1) is 17.3 Å². The number of carbonyl (C=O) groups is 1. The summed E-state index contributed by atoms with van der Waals surface area (Å²) in [4.78, 5) is 14.5. The average molecular weight is 405 g/mol. The van der Waals surface area contributed by atoms with E-state index in [1.54, 1.807) is 0 Å². The Morgan fingerprint density at radius 1 is 1.24 bits per heavy atom. The molecule has 0 radical (unpaired) electrons. The van der Waals surface area contributed by atoms with Gasteiger partial charge in [0.1, 0.15) is 11.0 Å². The zero-order valence-corrected chi connectivity index (χ0v) is 16.5. The molecule has 1 aliphatic heterocycles. The minimum absolute atomic E-state index is 0.110. The first kappa shape index (κ1) is 20.1. The minimum Gasteiger partial charge on any atom is -0.356 e. The molecule has 0 spiro atoms. The Morgan fingerprint density at radius 2 is 1.97 bits per heavy atom. The van der Waals surface area contributed by atoms with Crippen molar-refractivity contribution in [2.75, 3.05) is 11.4 Å². The number of alkyl halides is 3. The minimum atomic E-state index is -4.50. The van der Waals surface area contributed by atoms with Gasteiger partial charge < -0.3 is 16.0 Å². The highest BCUT2D eigenvalue weighted by atomic mass is 19.4. The topological polar surface area (TPSA) is 58.4 Å². The van der Waals surface area contributed by atoms with Crippen LogP contribution in [0.2, 0.25) is 0 Å². The van der Waals surface area contributed by atoms with Crippen LogP contribution < -0.4 is 16.0 Å². The van der Waals surface area contributed by atoms with Crippen LogP contribution in [-0.4, -0.2) is 30.3 Å². The molecule has 1 heterocycles. The Labute approximate surface area is 169 Å². The molecule has 1 unspecified atom stereocenters. The fourth-order valence-electron chi connectivity index (χ4n) is 4.05. The summed E-state index contributed by atoms with van der Waals surface area (Å²) in [6.07, 6.45) is -0.744. The molecule has 2 aliphatic carbocycles. The van der Waals surface area contributed by atoms with Crippen LogP contribution in [0.1, 0.15) is 56.6 Å². The van der Waals surface area contributed by atoms with Gasteiger partial charge in [-0.05, 0) is 69.6 Å². The lowest BCUT2D eigenvalue weighted by molar-refractivity contribution is -0.192. The molecule has 0 saturated heterocycles. The van der Waals surface area contributed by atoms with Crippen molar-refractivity contribution < 1.29 is 18.0 Å². The molecular formula is C22H26F3N3O. The highest BCUT2D eigenvalue weighted by Gasteiger charge is 2.69. The maximum atomic E-state index is 13.2. The van der Waals surface area contributed by atoms with Gasteiger partial charge >= 0.3 is 6.18 Å². The van der Waals surface area contributed by atoms with E-state index in [2.05, 4.69) is 22.1 Å². The number of amides is 1. The van der Waals surface area contributed by atoms with Gasteiger partial charge in [0.2, 0.25) is 5.91 Å². The number of halogens is 3. The van der Waals surface area contributed by atoms with E-state index >= 15 is 0 Å². The number of nitrogens with zero attached hydrogens (tertiary/aromatic N) is 1. The van der Waals surface area contributed by atoms with Gasteiger partial charge in [0.25, 0.3) is 0 Å². The molecule has 4 rings (SSSR count). The Kier molecular flexibility index (Phi) is 4.81. The monoisotopic (exact) mass is 405 g/mol. The number of nitrogens with one attached hydrogen (secondary N) is 1.